The number of rotatable bonds is 1. The summed E-state index contributed by atoms with van der Waals surface area (Å²) >= 11 is 6.06. The fourth-order valence-electron chi connectivity index (χ4n) is 2.94. The van der Waals surface area contributed by atoms with Crippen molar-refractivity contribution < 1.29 is 5.11 Å². The number of allylic oxidation sites excluding steroid dienone is 2. The maximum Gasteiger partial charge on any atom is 0.115 e. The lowest BCUT2D eigenvalue weighted by Gasteiger charge is -2.43. The highest BCUT2D eigenvalue weighted by molar-refractivity contribution is 6.31. The Hall–Kier alpha value is -1.65. The van der Waals surface area contributed by atoms with Gasteiger partial charge >= 0.3 is 0 Å². The minimum atomic E-state index is -0.961. The van der Waals surface area contributed by atoms with Crippen LogP contribution in [0.1, 0.15) is 48.0 Å². The molecule has 4 nitrogen and oxygen atoms in total. The monoisotopic (exact) mass is 359 g/mol. The summed E-state index contributed by atoms with van der Waals surface area (Å²) in [5.74, 6) is 0. The normalized spacial score (nSPS) is 22.1. The van der Waals surface area contributed by atoms with E-state index in [4.69, 9.17) is 11.6 Å². The number of nitrogens with zero attached hydrogens (tertiary/aromatic N) is 3. The summed E-state index contributed by atoms with van der Waals surface area (Å²) in [7, 11) is 0. The van der Waals surface area contributed by atoms with Crippen molar-refractivity contribution >= 4 is 28.3 Å². The van der Waals surface area contributed by atoms with Crippen molar-refractivity contribution in [2.24, 2.45) is 10.8 Å². The SMILES string of the molecule is CC(C)(C)C1=CC(n2nc3ccc(Cl)cc3n2)=CC(O)(C(C)(C)C)C1. The highest BCUT2D eigenvalue weighted by Crippen LogP contribution is 2.45. The molecule has 0 radical (unpaired) electrons. The highest BCUT2D eigenvalue weighted by Gasteiger charge is 2.43. The van der Waals surface area contributed by atoms with Gasteiger partial charge in [0, 0.05) is 11.4 Å². The molecule has 5 heteroatoms. The lowest BCUT2D eigenvalue weighted by Crippen LogP contribution is -2.44. The van der Waals surface area contributed by atoms with Crippen molar-refractivity contribution in [3.8, 4) is 0 Å². The Morgan fingerprint density at radius 3 is 2.32 bits per heavy atom. The summed E-state index contributed by atoms with van der Waals surface area (Å²) in [4.78, 5) is 1.60. The molecular formula is C20H26ClN3O. The van der Waals surface area contributed by atoms with Gasteiger partial charge in [0.1, 0.15) is 11.0 Å². The molecule has 134 valence electrons. The third-order valence-corrected chi connectivity index (χ3v) is 5.24. The number of aromatic nitrogens is 3. The summed E-state index contributed by atoms with van der Waals surface area (Å²) in [6.07, 6.45) is 4.60. The Bertz CT molecular complexity index is 880. The van der Waals surface area contributed by atoms with E-state index in [1.807, 2.05) is 12.1 Å². The lowest BCUT2D eigenvalue weighted by atomic mass is 9.67. The summed E-state index contributed by atoms with van der Waals surface area (Å²) < 4.78 is 0. The van der Waals surface area contributed by atoms with Gasteiger partial charge in [0.05, 0.1) is 11.3 Å². The third kappa shape index (κ3) is 3.38. The summed E-state index contributed by atoms with van der Waals surface area (Å²) in [6, 6.07) is 5.46. The van der Waals surface area contributed by atoms with Crippen molar-refractivity contribution in [1.82, 2.24) is 15.0 Å². The average molecular weight is 360 g/mol. The van der Waals surface area contributed by atoms with Gasteiger partial charge in [0.2, 0.25) is 0 Å². The second kappa shape index (κ2) is 5.68. The molecule has 1 N–H and O–H groups in total. The Morgan fingerprint density at radius 2 is 1.72 bits per heavy atom. The van der Waals surface area contributed by atoms with E-state index in [9.17, 15) is 5.11 Å². The lowest BCUT2D eigenvalue weighted by molar-refractivity contribution is -0.0171. The quantitative estimate of drug-likeness (QED) is 0.772. The van der Waals surface area contributed by atoms with E-state index in [0.29, 0.717) is 11.4 Å². The number of benzene rings is 1. The summed E-state index contributed by atoms with van der Waals surface area (Å²) in [6.45, 7) is 12.7. The van der Waals surface area contributed by atoms with Crippen LogP contribution in [0.25, 0.3) is 16.7 Å². The molecule has 0 bridgehead atoms. The average Bonchev–Trinajstić information content (AvgIpc) is 2.87. The fraction of sp³-hybridized carbons (Fsp3) is 0.500. The van der Waals surface area contributed by atoms with Crippen molar-refractivity contribution in [3.05, 3.63) is 40.9 Å². The molecule has 3 rings (SSSR count). The smallest absolute Gasteiger partial charge is 0.115 e. The number of fused-ring (bicyclic) bond motifs is 1. The van der Waals surface area contributed by atoms with E-state index < -0.39 is 5.60 Å². The van der Waals surface area contributed by atoms with Crippen LogP contribution in [0.5, 0.6) is 0 Å². The van der Waals surface area contributed by atoms with Gasteiger partial charge in [0.15, 0.2) is 0 Å². The zero-order valence-corrected chi connectivity index (χ0v) is 16.5. The van der Waals surface area contributed by atoms with E-state index in [-0.39, 0.29) is 10.8 Å². The molecule has 0 saturated heterocycles. The second-order valence-electron chi connectivity index (χ2n) is 8.96. The van der Waals surface area contributed by atoms with Crippen LogP contribution in [0.15, 0.2) is 35.9 Å². The van der Waals surface area contributed by atoms with Crippen LogP contribution in [-0.2, 0) is 0 Å². The van der Waals surface area contributed by atoms with E-state index in [2.05, 4.69) is 57.8 Å². The van der Waals surface area contributed by atoms with Crippen LogP contribution in [0.4, 0.5) is 0 Å². The molecule has 0 saturated carbocycles. The first-order valence-corrected chi connectivity index (χ1v) is 8.96. The Balaban J connectivity index is 2.17. The van der Waals surface area contributed by atoms with Gasteiger partial charge in [0.25, 0.3) is 0 Å². The third-order valence-electron chi connectivity index (χ3n) is 5.00. The molecule has 1 unspecified atom stereocenters. The molecular weight excluding hydrogens is 334 g/mol. The minimum absolute atomic E-state index is 0.0470. The van der Waals surface area contributed by atoms with E-state index >= 15 is 0 Å². The number of hydrogen-bond acceptors (Lipinski definition) is 3. The first-order valence-electron chi connectivity index (χ1n) is 8.58. The predicted octanol–water partition coefficient (Wildman–Crippen LogP) is 5.08. The van der Waals surface area contributed by atoms with Crippen molar-refractivity contribution in [2.45, 2.75) is 53.6 Å². The van der Waals surface area contributed by atoms with E-state index in [1.54, 1.807) is 16.9 Å². The molecule has 25 heavy (non-hydrogen) atoms. The van der Waals surface area contributed by atoms with Gasteiger partial charge in [-0.3, -0.25) is 0 Å². The van der Waals surface area contributed by atoms with Crippen LogP contribution in [-0.4, -0.2) is 25.7 Å². The van der Waals surface area contributed by atoms with Crippen LogP contribution in [0.2, 0.25) is 5.02 Å². The summed E-state index contributed by atoms with van der Waals surface area (Å²) in [5, 5.41) is 21.1. The van der Waals surface area contributed by atoms with Crippen LogP contribution in [0.3, 0.4) is 0 Å². The zero-order chi connectivity index (χ0) is 18.6. The first kappa shape index (κ1) is 18.2. The molecule has 1 heterocycles. The van der Waals surface area contributed by atoms with Gasteiger partial charge < -0.3 is 5.11 Å². The standard InChI is InChI=1S/C20H26ClN3O/c1-18(2,3)13-9-15(12-20(25,11-13)19(4,5)6)24-22-16-8-7-14(21)10-17(16)23-24/h7-10,12,25H,11H2,1-6H3. The molecule has 1 aliphatic carbocycles. The number of hydrogen-bond donors (Lipinski definition) is 1. The molecule has 0 amide bonds. The van der Waals surface area contributed by atoms with E-state index in [1.165, 1.54) is 5.57 Å². The minimum Gasteiger partial charge on any atom is -0.385 e. The molecule has 0 fully saturated rings. The Labute approximate surface area is 154 Å². The van der Waals surface area contributed by atoms with Gasteiger partial charge in [-0.05, 0) is 41.2 Å². The van der Waals surface area contributed by atoms with Crippen molar-refractivity contribution in [3.63, 3.8) is 0 Å². The maximum absolute atomic E-state index is 11.4. The maximum atomic E-state index is 11.4. The van der Waals surface area contributed by atoms with Crippen LogP contribution >= 0.6 is 11.6 Å². The Kier molecular flexibility index (Phi) is 4.12. The molecule has 1 aromatic heterocycles. The largest absolute Gasteiger partial charge is 0.385 e. The zero-order valence-electron chi connectivity index (χ0n) is 15.8. The molecule has 1 aromatic carbocycles. The topological polar surface area (TPSA) is 50.9 Å². The molecule has 0 aliphatic heterocycles. The number of aliphatic hydroxyl groups is 1. The summed E-state index contributed by atoms with van der Waals surface area (Å²) in [5.41, 5.74) is 2.18. The predicted molar refractivity (Wildman–Crippen MR) is 103 cm³/mol. The van der Waals surface area contributed by atoms with Crippen LogP contribution < -0.4 is 0 Å². The van der Waals surface area contributed by atoms with Crippen molar-refractivity contribution in [1.29, 1.82) is 0 Å². The fourth-order valence-corrected chi connectivity index (χ4v) is 3.11. The van der Waals surface area contributed by atoms with Gasteiger partial charge in [-0.25, -0.2) is 0 Å². The molecule has 0 spiro atoms. The Morgan fingerprint density at radius 1 is 1.08 bits per heavy atom. The van der Waals surface area contributed by atoms with Gasteiger partial charge in [-0.2, -0.15) is 4.80 Å². The number of halogens is 1. The molecule has 1 atom stereocenters. The molecule has 1 aliphatic rings. The van der Waals surface area contributed by atoms with Crippen LogP contribution in [0, 0.1) is 10.8 Å². The highest BCUT2D eigenvalue weighted by atomic mass is 35.5. The van der Waals surface area contributed by atoms with Gasteiger partial charge in [-0.15, -0.1) is 10.2 Å². The molecule has 2 aromatic rings. The first-order chi connectivity index (χ1) is 11.4. The van der Waals surface area contributed by atoms with Gasteiger partial charge in [-0.1, -0.05) is 58.7 Å². The van der Waals surface area contributed by atoms with Crippen molar-refractivity contribution in [2.75, 3.05) is 0 Å². The second-order valence-corrected chi connectivity index (χ2v) is 9.40. The van der Waals surface area contributed by atoms with E-state index in [0.717, 1.165) is 16.7 Å².